The van der Waals surface area contributed by atoms with Crippen LogP contribution in [0.5, 0.6) is 11.5 Å². The number of imidazole rings is 1. The number of rotatable bonds is 3. The Morgan fingerprint density at radius 3 is 3.00 bits per heavy atom. The summed E-state index contributed by atoms with van der Waals surface area (Å²) >= 11 is 6.09. The molecule has 31 heavy (non-hydrogen) atoms. The molecule has 162 valence electrons. The lowest BCUT2D eigenvalue weighted by Crippen LogP contribution is -2.45. The van der Waals surface area contributed by atoms with Crippen molar-refractivity contribution in [3.8, 4) is 11.5 Å². The molecule has 3 heterocycles. The third-order valence-electron chi connectivity index (χ3n) is 5.88. The zero-order valence-corrected chi connectivity index (χ0v) is 17.7. The van der Waals surface area contributed by atoms with Gasteiger partial charge in [-0.05, 0) is 50.2 Å². The summed E-state index contributed by atoms with van der Waals surface area (Å²) in [6, 6.07) is 8.43. The van der Waals surface area contributed by atoms with Gasteiger partial charge in [-0.2, -0.15) is 0 Å². The summed E-state index contributed by atoms with van der Waals surface area (Å²) in [5, 5.41) is 3.63. The number of carbonyl (C=O) groups is 1. The highest BCUT2D eigenvalue weighted by atomic mass is 35.5. The Labute approximate surface area is 183 Å². The third-order valence-corrected chi connectivity index (χ3v) is 6.11. The van der Waals surface area contributed by atoms with E-state index in [0.29, 0.717) is 23.8 Å². The summed E-state index contributed by atoms with van der Waals surface area (Å²) in [7, 11) is 2.03. The van der Waals surface area contributed by atoms with Gasteiger partial charge in [-0.25, -0.2) is 9.37 Å². The maximum absolute atomic E-state index is 14.8. The molecule has 1 saturated heterocycles. The number of likely N-dealkylation sites (tertiary alicyclic amines) is 1. The molecule has 0 bridgehead atoms. The number of ether oxygens (including phenoxy) is 2. The van der Waals surface area contributed by atoms with Gasteiger partial charge in [0.25, 0.3) is 5.91 Å². The second kappa shape index (κ2) is 8.01. The number of halogens is 2. The Bertz CT molecular complexity index is 1150. The van der Waals surface area contributed by atoms with Crippen molar-refractivity contribution in [1.29, 1.82) is 0 Å². The van der Waals surface area contributed by atoms with Crippen LogP contribution in [-0.4, -0.2) is 53.6 Å². The van der Waals surface area contributed by atoms with Crippen LogP contribution in [0.4, 0.5) is 4.39 Å². The minimum Gasteiger partial charge on any atom is -0.486 e. The zero-order chi connectivity index (χ0) is 21.5. The smallest absolute Gasteiger partial charge is 0.254 e. The molecular formula is C22H22ClFN4O3. The highest BCUT2D eigenvalue weighted by Crippen LogP contribution is 2.35. The number of fused-ring (bicyclic) bond motifs is 2. The molecule has 0 saturated carbocycles. The van der Waals surface area contributed by atoms with Gasteiger partial charge in [0, 0.05) is 17.6 Å². The van der Waals surface area contributed by atoms with Crippen LogP contribution in [0.3, 0.4) is 0 Å². The number of aromatic amines is 1. The van der Waals surface area contributed by atoms with Gasteiger partial charge in [-0.3, -0.25) is 9.69 Å². The minimum absolute atomic E-state index is 0.00101. The molecular weight excluding hydrogens is 423 g/mol. The predicted octanol–water partition coefficient (Wildman–Crippen LogP) is 3.69. The summed E-state index contributed by atoms with van der Waals surface area (Å²) in [5.41, 5.74) is 1.68. The Balaban J connectivity index is 1.33. The number of piperidine rings is 1. The van der Waals surface area contributed by atoms with Crippen molar-refractivity contribution in [3.63, 3.8) is 0 Å². The van der Waals surface area contributed by atoms with Crippen molar-refractivity contribution >= 4 is 28.5 Å². The Morgan fingerprint density at radius 1 is 1.29 bits per heavy atom. The SMILES string of the molecule is CN1CCC(NC(=O)c2ccc3c(c2F)OCCO3)CC1c1nc2ccc(Cl)cc2[nH]1. The van der Waals surface area contributed by atoms with E-state index < -0.39 is 11.7 Å². The first kappa shape index (κ1) is 20.1. The lowest BCUT2D eigenvalue weighted by atomic mass is 9.96. The molecule has 9 heteroatoms. The van der Waals surface area contributed by atoms with Gasteiger partial charge in [-0.15, -0.1) is 0 Å². The molecule has 0 aliphatic carbocycles. The summed E-state index contributed by atoms with van der Waals surface area (Å²) in [6.45, 7) is 1.40. The molecule has 0 radical (unpaired) electrons. The summed E-state index contributed by atoms with van der Waals surface area (Å²) in [6.07, 6.45) is 1.42. The number of aromatic nitrogens is 2. The average molecular weight is 445 g/mol. The number of hydrogen-bond acceptors (Lipinski definition) is 5. The third kappa shape index (κ3) is 3.81. The summed E-state index contributed by atoms with van der Waals surface area (Å²) < 4.78 is 25.5. The van der Waals surface area contributed by atoms with Crippen molar-refractivity contribution in [2.24, 2.45) is 0 Å². The van der Waals surface area contributed by atoms with E-state index in [1.807, 2.05) is 25.2 Å². The fourth-order valence-corrected chi connectivity index (χ4v) is 4.39. The monoisotopic (exact) mass is 444 g/mol. The van der Waals surface area contributed by atoms with Gasteiger partial charge in [0.15, 0.2) is 17.3 Å². The van der Waals surface area contributed by atoms with E-state index in [1.54, 1.807) is 6.07 Å². The van der Waals surface area contributed by atoms with Gasteiger partial charge >= 0.3 is 0 Å². The molecule has 2 atom stereocenters. The topological polar surface area (TPSA) is 79.5 Å². The fourth-order valence-electron chi connectivity index (χ4n) is 4.21. The van der Waals surface area contributed by atoms with Crippen LogP contribution in [0, 0.1) is 5.82 Å². The molecule has 1 amide bonds. The number of nitrogens with zero attached hydrogens (tertiary/aromatic N) is 2. The Kier molecular flexibility index (Phi) is 5.19. The van der Waals surface area contributed by atoms with Crippen molar-refractivity contribution < 1.29 is 18.7 Å². The van der Waals surface area contributed by atoms with Gasteiger partial charge in [-0.1, -0.05) is 11.6 Å². The predicted molar refractivity (Wildman–Crippen MR) is 114 cm³/mol. The van der Waals surface area contributed by atoms with Crippen LogP contribution in [0.2, 0.25) is 5.02 Å². The maximum Gasteiger partial charge on any atom is 0.254 e. The van der Waals surface area contributed by atoms with Crippen molar-refractivity contribution in [2.45, 2.75) is 24.9 Å². The number of benzene rings is 2. The zero-order valence-electron chi connectivity index (χ0n) is 17.0. The molecule has 2 aliphatic heterocycles. The van der Waals surface area contributed by atoms with Crippen LogP contribution >= 0.6 is 11.6 Å². The molecule has 2 unspecified atom stereocenters. The van der Waals surface area contributed by atoms with E-state index in [1.165, 1.54) is 6.07 Å². The lowest BCUT2D eigenvalue weighted by molar-refractivity contribution is 0.0877. The van der Waals surface area contributed by atoms with E-state index in [2.05, 4.69) is 15.2 Å². The number of amides is 1. The van der Waals surface area contributed by atoms with E-state index in [-0.39, 0.29) is 30.0 Å². The van der Waals surface area contributed by atoms with Crippen LogP contribution in [0.25, 0.3) is 11.0 Å². The number of carbonyl (C=O) groups excluding carboxylic acids is 1. The van der Waals surface area contributed by atoms with E-state index >= 15 is 0 Å². The quantitative estimate of drug-likeness (QED) is 0.644. The summed E-state index contributed by atoms with van der Waals surface area (Å²) in [5.74, 6) is 0.00228. The molecule has 1 fully saturated rings. The number of hydrogen-bond donors (Lipinski definition) is 2. The lowest BCUT2D eigenvalue weighted by Gasteiger charge is -2.36. The molecule has 2 aliphatic rings. The van der Waals surface area contributed by atoms with Crippen LogP contribution in [-0.2, 0) is 0 Å². The molecule has 3 aromatic rings. The van der Waals surface area contributed by atoms with Crippen LogP contribution in [0.1, 0.15) is 35.1 Å². The normalized spacial score (nSPS) is 21.3. The highest BCUT2D eigenvalue weighted by Gasteiger charge is 2.31. The van der Waals surface area contributed by atoms with Crippen LogP contribution < -0.4 is 14.8 Å². The number of nitrogens with one attached hydrogen (secondary N) is 2. The molecule has 0 spiro atoms. The van der Waals surface area contributed by atoms with E-state index in [9.17, 15) is 9.18 Å². The van der Waals surface area contributed by atoms with Gasteiger partial charge < -0.3 is 19.8 Å². The molecule has 7 nitrogen and oxygen atoms in total. The molecule has 2 N–H and O–H groups in total. The van der Waals surface area contributed by atoms with Gasteiger partial charge in [0.05, 0.1) is 22.6 Å². The molecule has 1 aromatic heterocycles. The highest BCUT2D eigenvalue weighted by molar-refractivity contribution is 6.31. The van der Waals surface area contributed by atoms with Crippen molar-refractivity contribution in [1.82, 2.24) is 20.2 Å². The minimum atomic E-state index is -0.687. The Hall–Kier alpha value is -2.84. The van der Waals surface area contributed by atoms with Crippen molar-refractivity contribution in [3.05, 3.63) is 52.6 Å². The van der Waals surface area contributed by atoms with Gasteiger partial charge in [0.2, 0.25) is 0 Å². The molecule has 5 rings (SSSR count). The second-order valence-corrected chi connectivity index (χ2v) is 8.36. The standard InChI is InChI=1S/C22H22ClFN4O3/c1-28-7-6-13(11-17(28)21-26-15-4-2-12(23)10-16(15)27-21)25-22(29)14-3-5-18-20(19(14)24)31-9-8-30-18/h2-5,10,13,17H,6-9,11H2,1H3,(H,25,29)(H,26,27). The summed E-state index contributed by atoms with van der Waals surface area (Å²) in [4.78, 5) is 23.1. The Morgan fingerprint density at radius 2 is 2.13 bits per heavy atom. The maximum atomic E-state index is 14.8. The van der Waals surface area contributed by atoms with Gasteiger partial charge in [0.1, 0.15) is 19.0 Å². The largest absolute Gasteiger partial charge is 0.486 e. The van der Waals surface area contributed by atoms with Crippen molar-refractivity contribution in [2.75, 3.05) is 26.8 Å². The fraction of sp³-hybridized carbons (Fsp3) is 0.364. The number of H-pyrrole nitrogens is 1. The second-order valence-electron chi connectivity index (χ2n) is 7.93. The average Bonchev–Trinajstić information content (AvgIpc) is 3.18. The molecule has 2 aromatic carbocycles. The first-order chi connectivity index (χ1) is 15.0. The van der Waals surface area contributed by atoms with Crippen LogP contribution in [0.15, 0.2) is 30.3 Å². The van der Waals surface area contributed by atoms with E-state index in [0.717, 1.165) is 29.8 Å². The van der Waals surface area contributed by atoms with E-state index in [4.69, 9.17) is 26.1 Å². The first-order valence-electron chi connectivity index (χ1n) is 10.2. The first-order valence-corrected chi connectivity index (χ1v) is 10.6.